The van der Waals surface area contributed by atoms with Gasteiger partial charge in [0, 0.05) is 11.0 Å². The summed E-state index contributed by atoms with van der Waals surface area (Å²) in [6.45, 7) is 4.78. The Morgan fingerprint density at radius 1 is 1.11 bits per heavy atom. The minimum atomic E-state index is -0.240. The second-order valence-electron chi connectivity index (χ2n) is 4.35. The molecule has 0 saturated heterocycles. The van der Waals surface area contributed by atoms with Gasteiger partial charge in [-0.1, -0.05) is 34.1 Å². The van der Waals surface area contributed by atoms with Crippen molar-refractivity contribution in [3.63, 3.8) is 0 Å². The molecule has 3 heteroatoms. The molecule has 2 rings (SSSR count). The summed E-state index contributed by atoms with van der Waals surface area (Å²) in [5, 5.41) is 3.14. The molecule has 0 amide bonds. The molecule has 1 nitrogen and oxygen atoms in total. The summed E-state index contributed by atoms with van der Waals surface area (Å²) >= 11 is 3.25. The summed E-state index contributed by atoms with van der Waals surface area (Å²) in [4.78, 5) is 0. The molecule has 0 saturated carbocycles. The maximum Gasteiger partial charge on any atom is 0.147 e. The van der Waals surface area contributed by atoms with Crippen LogP contribution < -0.4 is 5.32 Å². The van der Waals surface area contributed by atoms with Crippen molar-refractivity contribution in [1.82, 2.24) is 0 Å². The zero-order chi connectivity index (χ0) is 13.1. The first-order valence-electron chi connectivity index (χ1n) is 5.82. The molecule has 0 bridgehead atoms. The lowest BCUT2D eigenvalue weighted by atomic mass is 10.0. The van der Waals surface area contributed by atoms with Crippen LogP contribution in [0.25, 0.3) is 0 Å². The van der Waals surface area contributed by atoms with E-state index in [9.17, 15) is 4.39 Å². The second-order valence-corrected chi connectivity index (χ2v) is 5.26. The van der Waals surface area contributed by atoms with Gasteiger partial charge in [-0.05, 0) is 48.7 Å². The Morgan fingerprint density at radius 2 is 1.78 bits per heavy atom. The van der Waals surface area contributed by atoms with Gasteiger partial charge in [0.15, 0.2) is 0 Å². The number of anilines is 1. The lowest BCUT2D eigenvalue weighted by Gasteiger charge is -2.12. The van der Waals surface area contributed by atoms with Gasteiger partial charge in [0.2, 0.25) is 0 Å². The Bertz CT molecular complexity index is 546. The normalized spacial score (nSPS) is 10.4. The van der Waals surface area contributed by atoms with Gasteiger partial charge in [-0.25, -0.2) is 4.39 Å². The van der Waals surface area contributed by atoms with Crippen LogP contribution in [0.3, 0.4) is 0 Å². The van der Waals surface area contributed by atoms with Crippen LogP contribution in [-0.2, 0) is 6.54 Å². The number of aryl methyl sites for hydroxylation is 2. The van der Waals surface area contributed by atoms with Crippen LogP contribution in [0.4, 0.5) is 10.1 Å². The quantitative estimate of drug-likeness (QED) is 0.857. The maximum atomic E-state index is 13.7. The minimum Gasteiger partial charge on any atom is -0.379 e. The van der Waals surface area contributed by atoms with E-state index in [1.165, 1.54) is 22.8 Å². The number of hydrogen-bond donors (Lipinski definition) is 1. The number of halogens is 2. The minimum absolute atomic E-state index is 0.240. The molecule has 0 spiro atoms. The highest BCUT2D eigenvalue weighted by Gasteiger charge is 2.05. The summed E-state index contributed by atoms with van der Waals surface area (Å²) in [5.41, 5.74) is 4.20. The molecule has 0 aliphatic rings. The van der Waals surface area contributed by atoms with Crippen molar-refractivity contribution in [2.45, 2.75) is 20.4 Å². The van der Waals surface area contributed by atoms with E-state index in [1.807, 2.05) is 12.1 Å². The van der Waals surface area contributed by atoms with Gasteiger partial charge < -0.3 is 5.32 Å². The van der Waals surface area contributed by atoms with Crippen molar-refractivity contribution in [3.05, 3.63) is 63.4 Å². The van der Waals surface area contributed by atoms with Gasteiger partial charge in [-0.3, -0.25) is 0 Å². The van der Waals surface area contributed by atoms with Gasteiger partial charge in [0.1, 0.15) is 5.82 Å². The molecule has 0 heterocycles. The maximum absolute atomic E-state index is 13.7. The highest BCUT2D eigenvalue weighted by atomic mass is 79.9. The monoisotopic (exact) mass is 307 g/mol. The standard InChI is InChI=1S/C15H15BrFN/c1-10-4-3-5-11(2)13(10)9-18-15-7-6-12(16)8-14(15)17/h3-8,18H,9H2,1-2H3. The highest BCUT2D eigenvalue weighted by molar-refractivity contribution is 9.10. The molecule has 0 atom stereocenters. The first-order chi connectivity index (χ1) is 8.58. The average Bonchev–Trinajstić information content (AvgIpc) is 2.31. The van der Waals surface area contributed by atoms with E-state index < -0.39 is 0 Å². The number of rotatable bonds is 3. The second kappa shape index (κ2) is 5.53. The fourth-order valence-corrected chi connectivity index (χ4v) is 2.28. The fraction of sp³-hybridized carbons (Fsp3) is 0.200. The van der Waals surface area contributed by atoms with E-state index in [1.54, 1.807) is 6.07 Å². The Hall–Kier alpha value is -1.35. The summed E-state index contributed by atoms with van der Waals surface area (Å²) in [5.74, 6) is -0.240. The van der Waals surface area contributed by atoms with Crippen molar-refractivity contribution < 1.29 is 4.39 Å². The first kappa shape index (κ1) is 13.1. The Kier molecular flexibility index (Phi) is 4.02. The van der Waals surface area contributed by atoms with Gasteiger partial charge in [0.05, 0.1) is 5.69 Å². The van der Waals surface area contributed by atoms with E-state index in [-0.39, 0.29) is 5.82 Å². The van der Waals surface area contributed by atoms with Crippen molar-refractivity contribution in [3.8, 4) is 0 Å². The molecule has 2 aromatic carbocycles. The third-order valence-corrected chi connectivity index (χ3v) is 3.52. The molecule has 1 N–H and O–H groups in total. The molecule has 0 radical (unpaired) electrons. The molecular formula is C15H15BrFN. The van der Waals surface area contributed by atoms with Crippen molar-refractivity contribution >= 4 is 21.6 Å². The van der Waals surface area contributed by atoms with Crippen LogP contribution in [0.15, 0.2) is 40.9 Å². The number of benzene rings is 2. The zero-order valence-electron chi connectivity index (χ0n) is 10.4. The van der Waals surface area contributed by atoms with Crippen LogP contribution >= 0.6 is 15.9 Å². The van der Waals surface area contributed by atoms with Gasteiger partial charge in [0.25, 0.3) is 0 Å². The number of hydrogen-bond acceptors (Lipinski definition) is 1. The SMILES string of the molecule is Cc1cccc(C)c1CNc1ccc(Br)cc1F. The third-order valence-electron chi connectivity index (χ3n) is 3.03. The molecule has 18 heavy (non-hydrogen) atoms. The smallest absolute Gasteiger partial charge is 0.147 e. The van der Waals surface area contributed by atoms with Crippen molar-refractivity contribution in [1.29, 1.82) is 0 Å². The van der Waals surface area contributed by atoms with E-state index in [4.69, 9.17) is 0 Å². The predicted octanol–water partition coefficient (Wildman–Crippen LogP) is 4.82. The molecule has 0 aliphatic carbocycles. The molecule has 0 aromatic heterocycles. The van der Waals surface area contributed by atoms with E-state index in [2.05, 4.69) is 47.2 Å². The zero-order valence-corrected chi connectivity index (χ0v) is 12.0. The molecule has 2 aromatic rings. The third kappa shape index (κ3) is 2.91. The van der Waals surface area contributed by atoms with Gasteiger partial charge in [-0.2, -0.15) is 0 Å². The fourth-order valence-electron chi connectivity index (χ4n) is 1.94. The van der Waals surface area contributed by atoms with Crippen molar-refractivity contribution in [2.75, 3.05) is 5.32 Å². The summed E-state index contributed by atoms with van der Waals surface area (Å²) in [6.07, 6.45) is 0. The summed E-state index contributed by atoms with van der Waals surface area (Å²) < 4.78 is 14.4. The Labute approximate surface area is 115 Å². The molecule has 0 fully saturated rings. The summed E-state index contributed by atoms with van der Waals surface area (Å²) in [7, 11) is 0. The van der Waals surface area contributed by atoms with Crippen LogP contribution in [0.2, 0.25) is 0 Å². The van der Waals surface area contributed by atoms with E-state index >= 15 is 0 Å². The van der Waals surface area contributed by atoms with Crippen molar-refractivity contribution in [2.24, 2.45) is 0 Å². The van der Waals surface area contributed by atoms with E-state index in [0.29, 0.717) is 12.2 Å². The molecule has 0 unspecified atom stereocenters. The highest BCUT2D eigenvalue weighted by Crippen LogP contribution is 2.21. The first-order valence-corrected chi connectivity index (χ1v) is 6.61. The molecule has 0 aliphatic heterocycles. The largest absolute Gasteiger partial charge is 0.379 e. The van der Waals surface area contributed by atoms with Crippen LogP contribution in [-0.4, -0.2) is 0 Å². The lowest BCUT2D eigenvalue weighted by molar-refractivity contribution is 0.629. The number of nitrogens with one attached hydrogen (secondary N) is 1. The lowest BCUT2D eigenvalue weighted by Crippen LogP contribution is -2.04. The van der Waals surface area contributed by atoms with Gasteiger partial charge >= 0.3 is 0 Å². The summed E-state index contributed by atoms with van der Waals surface area (Å²) in [6, 6.07) is 11.2. The predicted molar refractivity (Wildman–Crippen MR) is 77.3 cm³/mol. The van der Waals surface area contributed by atoms with Crippen LogP contribution in [0, 0.1) is 19.7 Å². The van der Waals surface area contributed by atoms with Gasteiger partial charge in [-0.15, -0.1) is 0 Å². The molecular weight excluding hydrogens is 293 g/mol. The van der Waals surface area contributed by atoms with Crippen LogP contribution in [0.1, 0.15) is 16.7 Å². The Balaban J connectivity index is 2.16. The van der Waals surface area contributed by atoms with Crippen LogP contribution in [0.5, 0.6) is 0 Å². The molecule has 94 valence electrons. The van der Waals surface area contributed by atoms with E-state index in [0.717, 1.165) is 4.47 Å². The average molecular weight is 308 g/mol. The topological polar surface area (TPSA) is 12.0 Å². The Morgan fingerprint density at radius 3 is 2.39 bits per heavy atom.